The van der Waals surface area contributed by atoms with Crippen molar-refractivity contribution in [2.45, 2.75) is 55.9 Å². The van der Waals surface area contributed by atoms with Gasteiger partial charge in [0.2, 0.25) is 0 Å². The van der Waals surface area contributed by atoms with Crippen LogP contribution in [0.25, 0.3) is 0 Å². The van der Waals surface area contributed by atoms with Crippen molar-refractivity contribution in [2.24, 2.45) is 5.92 Å². The molecule has 0 heterocycles. The van der Waals surface area contributed by atoms with Crippen molar-refractivity contribution in [2.75, 3.05) is 6.26 Å². The molecule has 2 fully saturated rings. The maximum Gasteiger partial charge on any atom is 0.123 e. The van der Waals surface area contributed by atoms with Gasteiger partial charge in [0.25, 0.3) is 0 Å². The van der Waals surface area contributed by atoms with E-state index in [1.54, 1.807) is 12.1 Å². The summed E-state index contributed by atoms with van der Waals surface area (Å²) >= 11 is 2.01. The summed E-state index contributed by atoms with van der Waals surface area (Å²) in [7, 11) is 0. The first-order chi connectivity index (χ1) is 9.76. The molecule has 1 N–H and O–H groups in total. The second kappa shape index (κ2) is 6.48. The van der Waals surface area contributed by atoms with Gasteiger partial charge in [0, 0.05) is 17.3 Å². The highest BCUT2D eigenvalue weighted by Crippen LogP contribution is 2.42. The van der Waals surface area contributed by atoms with Crippen LogP contribution in [0.2, 0.25) is 0 Å². The van der Waals surface area contributed by atoms with Gasteiger partial charge in [0.15, 0.2) is 0 Å². The Morgan fingerprint density at radius 1 is 1.15 bits per heavy atom. The first-order valence-electron chi connectivity index (χ1n) is 7.80. The lowest BCUT2D eigenvalue weighted by Crippen LogP contribution is -2.38. The summed E-state index contributed by atoms with van der Waals surface area (Å²) in [4.78, 5) is 0. The summed E-state index contributed by atoms with van der Waals surface area (Å²) in [5.41, 5.74) is 1.26. The molecule has 2 aliphatic carbocycles. The van der Waals surface area contributed by atoms with Gasteiger partial charge in [0.1, 0.15) is 5.82 Å². The fraction of sp³-hybridized carbons (Fsp3) is 0.647. The Balaban J connectivity index is 1.67. The Labute approximate surface area is 125 Å². The van der Waals surface area contributed by atoms with Crippen molar-refractivity contribution in [3.8, 4) is 0 Å². The van der Waals surface area contributed by atoms with E-state index in [4.69, 9.17) is 0 Å². The molecule has 3 rings (SSSR count). The molecule has 1 aromatic rings. The molecule has 2 aliphatic rings. The lowest BCUT2D eigenvalue weighted by molar-refractivity contribution is 0.328. The maximum absolute atomic E-state index is 13.1. The van der Waals surface area contributed by atoms with Crippen molar-refractivity contribution in [1.29, 1.82) is 0 Å². The smallest absolute Gasteiger partial charge is 0.123 e. The molecule has 0 saturated heterocycles. The van der Waals surface area contributed by atoms with Crippen molar-refractivity contribution >= 4 is 11.8 Å². The third kappa shape index (κ3) is 3.56. The van der Waals surface area contributed by atoms with Gasteiger partial charge in [-0.25, -0.2) is 4.39 Å². The Bertz CT molecular complexity index is 429. The topological polar surface area (TPSA) is 12.0 Å². The standard InChI is InChI=1S/C17H24FNS/c1-20-16-4-2-3-15(11-16)19-17(12-5-6-12)13-7-9-14(18)10-8-13/h7-10,12,15-17,19H,2-6,11H2,1H3. The molecule has 2 saturated carbocycles. The van der Waals surface area contributed by atoms with E-state index in [-0.39, 0.29) is 5.82 Å². The molecular weight excluding hydrogens is 269 g/mol. The van der Waals surface area contributed by atoms with Crippen LogP contribution < -0.4 is 5.32 Å². The average Bonchev–Trinajstić information content (AvgIpc) is 3.31. The van der Waals surface area contributed by atoms with Crippen LogP contribution in [0.15, 0.2) is 24.3 Å². The number of thioether (sulfide) groups is 1. The molecule has 1 aromatic carbocycles. The number of benzene rings is 1. The van der Waals surface area contributed by atoms with E-state index in [1.165, 1.54) is 44.1 Å². The van der Waals surface area contributed by atoms with Crippen LogP contribution in [-0.2, 0) is 0 Å². The average molecular weight is 293 g/mol. The molecule has 0 amide bonds. The predicted octanol–water partition coefficient (Wildman–Crippen LogP) is 4.54. The number of rotatable bonds is 5. The minimum atomic E-state index is -0.136. The van der Waals surface area contributed by atoms with E-state index in [0.717, 1.165) is 11.2 Å². The van der Waals surface area contributed by atoms with Crippen molar-refractivity contribution < 1.29 is 4.39 Å². The molecule has 0 bridgehead atoms. The van der Waals surface area contributed by atoms with Crippen molar-refractivity contribution in [3.05, 3.63) is 35.6 Å². The van der Waals surface area contributed by atoms with Crippen LogP contribution in [0.4, 0.5) is 4.39 Å². The van der Waals surface area contributed by atoms with Crippen LogP contribution in [0.5, 0.6) is 0 Å². The van der Waals surface area contributed by atoms with Gasteiger partial charge in [-0.1, -0.05) is 18.6 Å². The van der Waals surface area contributed by atoms with Gasteiger partial charge in [0.05, 0.1) is 0 Å². The van der Waals surface area contributed by atoms with E-state index in [9.17, 15) is 4.39 Å². The van der Waals surface area contributed by atoms with Crippen LogP contribution in [0, 0.1) is 11.7 Å². The second-order valence-electron chi connectivity index (χ2n) is 6.25. The molecular formula is C17H24FNS. The molecule has 0 radical (unpaired) electrons. The van der Waals surface area contributed by atoms with Gasteiger partial charge < -0.3 is 5.32 Å². The van der Waals surface area contributed by atoms with Gasteiger partial charge in [-0.2, -0.15) is 11.8 Å². The normalized spacial score (nSPS) is 28.3. The quantitative estimate of drug-likeness (QED) is 0.855. The predicted molar refractivity (Wildman–Crippen MR) is 84.6 cm³/mol. The summed E-state index contributed by atoms with van der Waals surface area (Å²) in [6.45, 7) is 0. The first kappa shape index (κ1) is 14.4. The molecule has 3 heteroatoms. The highest BCUT2D eigenvalue weighted by Gasteiger charge is 2.34. The Kier molecular flexibility index (Phi) is 4.67. The Morgan fingerprint density at radius 3 is 2.55 bits per heavy atom. The van der Waals surface area contributed by atoms with E-state index in [1.807, 2.05) is 23.9 Å². The first-order valence-corrected chi connectivity index (χ1v) is 9.09. The van der Waals surface area contributed by atoms with E-state index in [0.29, 0.717) is 12.1 Å². The molecule has 20 heavy (non-hydrogen) atoms. The molecule has 1 nitrogen and oxygen atoms in total. The van der Waals surface area contributed by atoms with Crippen LogP contribution in [-0.4, -0.2) is 17.5 Å². The van der Waals surface area contributed by atoms with Gasteiger partial charge in [-0.3, -0.25) is 0 Å². The molecule has 3 unspecified atom stereocenters. The van der Waals surface area contributed by atoms with E-state index >= 15 is 0 Å². The van der Waals surface area contributed by atoms with Gasteiger partial charge >= 0.3 is 0 Å². The van der Waals surface area contributed by atoms with Crippen LogP contribution >= 0.6 is 11.8 Å². The summed E-state index contributed by atoms with van der Waals surface area (Å²) in [6.07, 6.45) is 10.1. The summed E-state index contributed by atoms with van der Waals surface area (Å²) < 4.78 is 13.1. The van der Waals surface area contributed by atoms with E-state index < -0.39 is 0 Å². The zero-order valence-electron chi connectivity index (χ0n) is 12.1. The van der Waals surface area contributed by atoms with Gasteiger partial charge in [-0.05, 0) is 62.0 Å². The van der Waals surface area contributed by atoms with Crippen molar-refractivity contribution in [1.82, 2.24) is 5.32 Å². The van der Waals surface area contributed by atoms with E-state index in [2.05, 4.69) is 11.6 Å². The Hall–Kier alpha value is -0.540. The number of hydrogen-bond donors (Lipinski definition) is 1. The molecule has 110 valence electrons. The highest BCUT2D eigenvalue weighted by molar-refractivity contribution is 7.99. The highest BCUT2D eigenvalue weighted by atomic mass is 32.2. The SMILES string of the molecule is CSC1CCCC(NC(c2ccc(F)cc2)C2CC2)C1. The lowest BCUT2D eigenvalue weighted by Gasteiger charge is -2.32. The molecule has 0 spiro atoms. The zero-order chi connectivity index (χ0) is 13.9. The van der Waals surface area contributed by atoms with Crippen LogP contribution in [0.3, 0.4) is 0 Å². The number of nitrogens with one attached hydrogen (secondary N) is 1. The molecule has 0 aliphatic heterocycles. The van der Waals surface area contributed by atoms with Crippen molar-refractivity contribution in [3.63, 3.8) is 0 Å². The monoisotopic (exact) mass is 293 g/mol. The maximum atomic E-state index is 13.1. The number of hydrogen-bond acceptors (Lipinski definition) is 2. The summed E-state index contributed by atoms with van der Waals surface area (Å²) in [5.74, 6) is 0.624. The minimum absolute atomic E-state index is 0.136. The lowest BCUT2D eigenvalue weighted by atomic mass is 9.92. The third-order valence-corrected chi connectivity index (χ3v) is 5.79. The summed E-state index contributed by atoms with van der Waals surface area (Å²) in [6, 6.07) is 8.18. The third-order valence-electron chi connectivity index (χ3n) is 4.70. The largest absolute Gasteiger partial charge is 0.307 e. The fourth-order valence-electron chi connectivity index (χ4n) is 3.37. The summed E-state index contributed by atoms with van der Waals surface area (Å²) in [5, 5.41) is 4.70. The molecule has 3 atom stereocenters. The number of halogens is 1. The Morgan fingerprint density at radius 2 is 1.90 bits per heavy atom. The second-order valence-corrected chi connectivity index (χ2v) is 7.39. The van der Waals surface area contributed by atoms with Gasteiger partial charge in [-0.15, -0.1) is 0 Å². The zero-order valence-corrected chi connectivity index (χ0v) is 13.0. The van der Waals surface area contributed by atoms with Crippen LogP contribution in [0.1, 0.15) is 50.1 Å². The fourth-order valence-corrected chi connectivity index (χ4v) is 4.20. The minimum Gasteiger partial charge on any atom is -0.307 e. The molecule has 0 aromatic heterocycles.